The van der Waals surface area contributed by atoms with Gasteiger partial charge >= 0.3 is 0 Å². The molecule has 1 aliphatic heterocycles. The van der Waals surface area contributed by atoms with Gasteiger partial charge in [0, 0.05) is 25.7 Å². The first-order chi connectivity index (χ1) is 6.74. The molecule has 0 radical (unpaired) electrons. The Kier molecular flexibility index (Phi) is 4.86. The molecule has 0 aromatic heterocycles. The summed E-state index contributed by atoms with van der Waals surface area (Å²) in [6, 6.07) is 0.443. The third kappa shape index (κ3) is 3.61. The van der Waals surface area contributed by atoms with Gasteiger partial charge in [0.25, 0.3) is 0 Å². The number of carbonyl (C=O) groups is 1. The molecule has 1 atom stereocenters. The summed E-state index contributed by atoms with van der Waals surface area (Å²) in [6.45, 7) is 6.25. The first kappa shape index (κ1) is 11.4. The van der Waals surface area contributed by atoms with Crippen LogP contribution in [0.4, 0.5) is 0 Å². The lowest BCUT2D eigenvalue weighted by Gasteiger charge is -2.33. The van der Waals surface area contributed by atoms with E-state index in [2.05, 4.69) is 17.1 Å². The molecule has 5 heteroatoms. The lowest BCUT2D eigenvalue weighted by atomic mass is 10.2. The molecule has 1 saturated heterocycles. The molecule has 1 rings (SSSR count). The molecule has 5 nitrogen and oxygen atoms in total. The smallest absolute Gasteiger partial charge is 0.233 e. The second-order valence-electron chi connectivity index (χ2n) is 3.51. The van der Waals surface area contributed by atoms with Crippen molar-refractivity contribution in [2.24, 2.45) is 5.73 Å². The number of hydrogen-bond donors (Lipinski definition) is 2. The molecular formula is C9H19N3O2. The Hall–Kier alpha value is -0.650. The Labute approximate surface area is 84.6 Å². The minimum Gasteiger partial charge on any atom is -0.379 e. The second-order valence-corrected chi connectivity index (χ2v) is 3.51. The zero-order valence-electron chi connectivity index (χ0n) is 8.66. The van der Waals surface area contributed by atoms with Crippen LogP contribution >= 0.6 is 0 Å². The van der Waals surface area contributed by atoms with Crippen LogP contribution < -0.4 is 11.1 Å². The lowest BCUT2D eigenvalue weighted by molar-refractivity contribution is -0.119. The monoisotopic (exact) mass is 201 g/mol. The zero-order valence-corrected chi connectivity index (χ0v) is 8.66. The Balaban J connectivity index is 2.13. The Morgan fingerprint density at radius 3 is 3.14 bits per heavy atom. The molecular weight excluding hydrogens is 182 g/mol. The Morgan fingerprint density at radius 1 is 1.71 bits per heavy atom. The van der Waals surface area contributed by atoms with E-state index in [0.717, 1.165) is 26.3 Å². The standard InChI is InChI=1S/C9H19N3O2/c1-8-7-14-5-4-12(8)3-2-11-9(13)6-10/h8H,2-7,10H2,1H3,(H,11,13). The molecule has 0 saturated carbocycles. The van der Waals surface area contributed by atoms with E-state index in [-0.39, 0.29) is 12.5 Å². The summed E-state index contributed by atoms with van der Waals surface area (Å²) in [5, 5.41) is 2.75. The fraction of sp³-hybridized carbons (Fsp3) is 0.889. The summed E-state index contributed by atoms with van der Waals surface area (Å²) in [7, 11) is 0. The van der Waals surface area contributed by atoms with Crippen molar-refractivity contribution >= 4 is 5.91 Å². The molecule has 82 valence electrons. The number of nitrogens with zero attached hydrogens (tertiary/aromatic N) is 1. The van der Waals surface area contributed by atoms with Gasteiger partial charge in [-0.15, -0.1) is 0 Å². The van der Waals surface area contributed by atoms with Crippen molar-refractivity contribution in [1.82, 2.24) is 10.2 Å². The van der Waals surface area contributed by atoms with Crippen LogP contribution in [0.3, 0.4) is 0 Å². The lowest BCUT2D eigenvalue weighted by Crippen LogP contribution is -2.47. The molecule has 14 heavy (non-hydrogen) atoms. The normalized spacial score (nSPS) is 23.4. The van der Waals surface area contributed by atoms with Crippen LogP contribution in [0.1, 0.15) is 6.92 Å². The molecule has 1 heterocycles. The average molecular weight is 201 g/mol. The highest BCUT2D eigenvalue weighted by Gasteiger charge is 2.17. The molecule has 0 aromatic rings. The van der Waals surface area contributed by atoms with Crippen LogP contribution in [-0.2, 0) is 9.53 Å². The molecule has 1 amide bonds. The molecule has 0 aliphatic carbocycles. The van der Waals surface area contributed by atoms with E-state index in [4.69, 9.17) is 10.5 Å². The Bertz CT molecular complexity index is 187. The first-order valence-electron chi connectivity index (χ1n) is 5.02. The maximum absolute atomic E-state index is 10.9. The van der Waals surface area contributed by atoms with Crippen molar-refractivity contribution in [3.8, 4) is 0 Å². The highest BCUT2D eigenvalue weighted by molar-refractivity contribution is 5.77. The summed E-state index contributed by atoms with van der Waals surface area (Å²) >= 11 is 0. The van der Waals surface area contributed by atoms with Crippen molar-refractivity contribution < 1.29 is 9.53 Å². The summed E-state index contributed by atoms with van der Waals surface area (Å²) < 4.78 is 5.31. The van der Waals surface area contributed by atoms with Gasteiger partial charge in [0.2, 0.25) is 5.91 Å². The zero-order chi connectivity index (χ0) is 10.4. The van der Waals surface area contributed by atoms with Crippen LogP contribution in [0.5, 0.6) is 0 Å². The van der Waals surface area contributed by atoms with Crippen LogP contribution in [0.2, 0.25) is 0 Å². The quantitative estimate of drug-likeness (QED) is 0.598. The summed E-state index contributed by atoms with van der Waals surface area (Å²) in [6.07, 6.45) is 0. The summed E-state index contributed by atoms with van der Waals surface area (Å²) in [5.74, 6) is -0.0917. The van der Waals surface area contributed by atoms with Gasteiger partial charge in [0.1, 0.15) is 0 Å². The van der Waals surface area contributed by atoms with E-state index < -0.39 is 0 Å². The summed E-state index contributed by atoms with van der Waals surface area (Å²) in [5.41, 5.74) is 5.17. The Morgan fingerprint density at radius 2 is 2.50 bits per heavy atom. The number of nitrogens with one attached hydrogen (secondary N) is 1. The number of nitrogens with two attached hydrogens (primary N) is 1. The van der Waals surface area contributed by atoms with E-state index >= 15 is 0 Å². The maximum atomic E-state index is 10.9. The minimum absolute atomic E-state index is 0.0681. The van der Waals surface area contributed by atoms with Gasteiger partial charge in [0.15, 0.2) is 0 Å². The first-order valence-corrected chi connectivity index (χ1v) is 5.02. The van der Waals surface area contributed by atoms with Crippen LogP contribution in [0.25, 0.3) is 0 Å². The van der Waals surface area contributed by atoms with E-state index in [1.54, 1.807) is 0 Å². The van der Waals surface area contributed by atoms with Crippen LogP contribution in [0, 0.1) is 0 Å². The average Bonchev–Trinajstić information content (AvgIpc) is 2.20. The largest absolute Gasteiger partial charge is 0.379 e. The van der Waals surface area contributed by atoms with E-state index in [0.29, 0.717) is 12.6 Å². The van der Waals surface area contributed by atoms with Crippen LogP contribution in [0.15, 0.2) is 0 Å². The van der Waals surface area contributed by atoms with Gasteiger partial charge in [-0.05, 0) is 6.92 Å². The van der Waals surface area contributed by atoms with Gasteiger partial charge < -0.3 is 15.8 Å². The number of ether oxygens (including phenoxy) is 1. The molecule has 1 unspecified atom stereocenters. The molecule has 3 N–H and O–H groups in total. The SMILES string of the molecule is CC1COCCN1CCNC(=O)CN. The number of rotatable bonds is 4. The van der Waals surface area contributed by atoms with Gasteiger partial charge in [-0.3, -0.25) is 9.69 Å². The molecule has 0 bridgehead atoms. The molecule has 0 aromatic carbocycles. The molecule has 1 fully saturated rings. The number of morpholine rings is 1. The predicted molar refractivity (Wildman–Crippen MR) is 53.9 cm³/mol. The highest BCUT2D eigenvalue weighted by atomic mass is 16.5. The third-order valence-electron chi connectivity index (χ3n) is 2.41. The molecule has 0 spiro atoms. The van der Waals surface area contributed by atoms with Gasteiger partial charge in [-0.1, -0.05) is 0 Å². The highest BCUT2D eigenvalue weighted by Crippen LogP contribution is 2.04. The van der Waals surface area contributed by atoms with Crippen molar-refractivity contribution in [3.63, 3.8) is 0 Å². The van der Waals surface area contributed by atoms with E-state index in [1.807, 2.05) is 0 Å². The number of hydrogen-bond acceptors (Lipinski definition) is 4. The van der Waals surface area contributed by atoms with Gasteiger partial charge in [-0.2, -0.15) is 0 Å². The topological polar surface area (TPSA) is 67.6 Å². The van der Waals surface area contributed by atoms with Crippen molar-refractivity contribution in [2.45, 2.75) is 13.0 Å². The predicted octanol–water partition coefficient (Wildman–Crippen LogP) is -1.22. The third-order valence-corrected chi connectivity index (χ3v) is 2.41. The van der Waals surface area contributed by atoms with Crippen LogP contribution in [-0.4, -0.2) is 56.2 Å². The fourth-order valence-electron chi connectivity index (χ4n) is 1.50. The van der Waals surface area contributed by atoms with Crippen molar-refractivity contribution in [3.05, 3.63) is 0 Å². The second kappa shape index (κ2) is 5.95. The maximum Gasteiger partial charge on any atom is 0.233 e. The van der Waals surface area contributed by atoms with E-state index in [1.165, 1.54) is 0 Å². The molecule has 1 aliphatic rings. The summed E-state index contributed by atoms with van der Waals surface area (Å²) in [4.78, 5) is 13.2. The fourth-order valence-corrected chi connectivity index (χ4v) is 1.50. The van der Waals surface area contributed by atoms with Gasteiger partial charge in [-0.25, -0.2) is 0 Å². The van der Waals surface area contributed by atoms with Gasteiger partial charge in [0.05, 0.1) is 19.8 Å². The van der Waals surface area contributed by atoms with Crippen molar-refractivity contribution in [2.75, 3.05) is 39.4 Å². The van der Waals surface area contributed by atoms with Crippen molar-refractivity contribution in [1.29, 1.82) is 0 Å². The minimum atomic E-state index is -0.0917. The number of amides is 1. The number of carbonyl (C=O) groups excluding carboxylic acids is 1. The van der Waals surface area contributed by atoms with E-state index in [9.17, 15) is 4.79 Å².